The highest BCUT2D eigenvalue weighted by atomic mass is 32.1. The Morgan fingerprint density at radius 1 is 1.07 bits per heavy atom. The van der Waals surface area contributed by atoms with E-state index in [1.165, 1.54) is 24.0 Å². The van der Waals surface area contributed by atoms with E-state index in [1.807, 2.05) is 23.1 Å². The van der Waals surface area contributed by atoms with Gasteiger partial charge in [0.05, 0.1) is 16.3 Å². The van der Waals surface area contributed by atoms with Crippen molar-refractivity contribution in [3.05, 3.63) is 29.3 Å². The molecule has 1 aliphatic carbocycles. The van der Waals surface area contributed by atoms with Crippen LogP contribution in [0.25, 0.3) is 10.2 Å². The summed E-state index contributed by atoms with van der Waals surface area (Å²) in [5.41, 5.74) is 1.00. The SMILES string of the molecule is O=C(CCC(=O)N1CCC[C@H]1c1nc2ccccc2s1)NC1CCCCC1. The number of likely N-dealkylation sites (tertiary alicyclic amines) is 1. The third-order valence-corrected chi connectivity index (χ3v) is 6.84. The predicted molar refractivity (Wildman–Crippen MR) is 108 cm³/mol. The molecule has 1 aromatic heterocycles. The molecule has 0 unspecified atom stereocenters. The Morgan fingerprint density at radius 3 is 2.70 bits per heavy atom. The van der Waals surface area contributed by atoms with Crippen molar-refractivity contribution in [1.82, 2.24) is 15.2 Å². The molecule has 4 rings (SSSR count). The van der Waals surface area contributed by atoms with Gasteiger partial charge in [-0.2, -0.15) is 0 Å². The Bertz CT molecular complexity index is 780. The van der Waals surface area contributed by atoms with E-state index in [2.05, 4.69) is 11.4 Å². The Morgan fingerprint density at radius 2 is 1.89 bits per heavy atom. The number of nitrogens with one attached hydrogen (secondary N) is 1. The first kappa shape index (κ1) is 18.4. The molecule has 2 fully saturated rings. The Balaban J connectivity index is 1.34. The van der Waals surface area contributed by atoms with Crippen LogP contribution < -0.4 is 5.32 Å². The van der Waals surface area contributed by atoms with E-state index in [4.69, 9.17) is 4.98 Å². The number of carbonyl (C=O) groups is 2. The van der Waals surface area contributed by atoms with Crippen molar-refractivity contribution in [3.63, 3.8) is 0 Å². The number of fused-ring (bicyclic) bond motifs is 1. The van der Waals surface area contributed by atoms with Crippen LogP contribution in [0.5, 0.6) is 0 Å². The lowest BCUT2D eigenvalue weighted by atomic mass is 9.95. The molecule has 1 aromatic carbocycles. The Kier molecular flexibility index (Phi) is 5.72. The normalized spacial score (nSPS) is 20.9. The molecular formula is C21H27N3O2S. The largest absolute Gasteiger partial charge is 0.353 e. The summed E-state index contributed by atoms with van der Waals surface area (Å²) < 4.78 is 1.17. The molecule has 1 N–H and O–H groups in total. The van der Waals surface area contributed by atoms with Gasteiger partial charge in [-0.3, -0.25) is 9.59 Å². The molecule has 1 aliphatic heterocycles. The third-order valence-electron chi connectivity index (χ3n) is 5.70. The van der Waals surface area contributed by atoms with Crippen LogP contribution in [0.3, 0.4) is 0 Å². The van der Waals surface area contributed by atoms with Crippen LogP contribution in [-0.2, 0) is 9.59 Å². The number of rotatable bonds is 5. The maximum atomic E-state index is 12.8. The topological polar surface area (TPSA) is 62.3 Å². The summed E-state index contributed by atoms with van der Waals surface area (Å²) in [6.07, 6.45) is 8.35. The highest BCUT2D eigenvalue weighted by molar-refractivity contribution is 7.18. The van der Waals surface area contributed by atoms with Crippen molar-refractivity contribution in [1.29, 1.82) is 0 Å². The number of para-hydroxylation sites is 1. The van der Waals surface area contributed by atoms with E-state index in [9.17, 15) is 9.59 Å². The van der Waals surface area contributed by atoms with Crippen molar-refractivity contribution in [3.8, 4) is 0 Å². The molecule has 27 heavy (non-hydrogen) atoms. The quantitative estimate of drug-likeness (QED) is 0.839. The van der Waals surface area contributed by atoms with Gasteiger partial charge in [-0.15, -0.1) is 11.3 Å². The summed E-state index contributed by atoms with van der Waals surface area (Å²) in [4.78, 5) is 31.7. The first-order chi connectivity index (χ1) is 13.2. The van der Waals surface area contributed by atoms with Gasteiger partial charge in [-0.25, -0.2) is 4.98 Å². The van der Waals surface area contributed by atoms with Crippen molar-refractivity contribution >= 4 is 33.4 Å². The second-order valence-corrected chi connectivity index (χ2v) is 8.73. The van der Waals surface area contributed by atoms with Gasteiger partial charge < -0.3 is 10.2 Å². The van der Waals surface area contributed by atoms with Gasteiger partial charge in [-0.05, 0) is 37.8 Å². The monoisotopic (exact) mass is 385 g/mol. The average molecular weight is 386 g/mol. The molecule has 1 saturated carbocycles. The summed E-state index contributed by atoms with van der Waals surface area (Å²) in [5, 5.41) is 4.13. The minimum Gasteiger partial charge on any atom is -0.353 e. The zero-order valence-electron chi connectivity index (χ0n) is 15.7. The zero-order chi connectivity index (χ0) is 18.6. The summed E-state index contributed by atoms with van der Waals surface area (Å²) >= 11 is 1.68. The molecule has 144 valence electrons. The molecule has 6 heteroatoms. The van der Waals surface area contributed by atoms with Gasteiger partial charge >= 0.3 is 0 Å². The lowest BCUT2D eigenvalue weighted by Gasteiger charge is -2.24. The molecule has 1 saturated heterocycles. The van der Waals surface area contributed by atoms with E-state index < -0.39 is 0 Å². The lowest BCUT2D eigenvalue weighted by molar-refractivity contribution is -0.134. The minimum atomic E-state index is 0.0194. The van der Waals surface area contributed by atoms with Gasteiger partial charge in [0.2, 0.25) is 11.8 Å². The molecule has 2 aromatic rings. The summed E-state index contributed by atoms with van der Waals surface area (Å²) in [6, 6.07) is 8.49. The molecule has 5 nitrogen and oxygen atoms in total. The fourth-order valence-corrected chi connectivity index (χ4v) is 5.38. The van der Waals surface area contributed by atoms with E-state index in [1.54, 1.807) is 11.3 Å². The molecule has 0 bridgehead atoms. The second kappa shape index (κ2) is 8.38. The maximum absolute atomic E-state index is 12.8. The minimum absolute atomic E-state index is 0.0194. The van der Waals surface area contributed by atoms with E-state index in [0.717, 1.165) is 42.8 Å². The number of nitrogens with zero attached hydrogens (tertiary/aromatic N) is 2. The van der Waals surface area contributed by atoms with Crippen LogP contribution in [0.1, 0.15) is 68.8 Å². The highest BCUT2D eigenvalue weighted by Gasteiger charge is 2.32. The Hall–Kier alpha value is -1.95. The molecule has 0 radical (unpaired) electrons. The number of hydrogen-bond donors (Lipinski definition) is 1. The van der Waals surface area contributed by atoms with Crippen LogP contribution in [0, 0.1) is 0 Å². The van der Waals surface area contributed by atoms with Gasteiger partial charge in [0.25, 0.3) is 0 Å². The number of benzene rings is 1. The van der Waals surface area contributed by atoms with Gasteiger partial charge in [0.15, 0.2) is 0 Å². The van der Waals surface area contributed by atoms with Crippen LogP contribution in [0.4, 0.5) is 0 Å². The van der Waals surface area contributed by atoms with Gasteiger partial charge in [0.1, 0.15) is 5.01 Å². The van der Waals surface area contributed by atoms with Crippen molar-refractivity contribution in [2.24, 2.45) is 0 Å². The number of hydrogen-bond acceptors (Lipinski definition) is 4. The summed E-state index contributed by atoms with van der Waals surface area (Å²) in [5.74, 6) is 0.0986. The fourth-order valence-electron chi connectivity index (χ4n) is 4.27. The number of aromatic nitrogens is 1. The van der Waals surface area contributed by atoms with Crippen LogP contribution in [0.2, 0.25) is 0 Å². The first-order valence-electron chi connectivity index (χ1n) is 10.1. The predicted octanol–water partition coefficient (Wildman–Crippen LogP) is 4.19. The van der Waals surface area contributed by atoms with E-state index in [-0.39, 0.29) is 17.9 Å². The lowest BCUT2D eigenvalue weighted by Crippen LogP contribution is -2.37. The number of amides is 2. The maximum Gasteiger partial charge on any atom is 0.223 e. The molecule has 1 atom stereocenters. The van der Waals surface area contributed by atoms with Gasteiger partial charge in [-0.1, -0.05) is 31.4 Å². The van der Waals surface area contributed by atoms with Crippen molar-refractivity contribution < 1.29 is 9.59 Å². The molecule has 2 heterocycles. The van der Waals surface area contributed by atoms with Crippen molar-refractivity contribution in [2.45, 2.75) is 69.9 Å². The van der Waals surface area contributed by atoms with E-state index in [0.29, 0.717) is 18.9 Å². The van der Waals surface area contributed by atoms with Crippen molar-refractivity contribution in [2.75, 3.05) is 6.54 Å². The average Bonchev–Trinajstić information content (AvgIpc) is 3.33. The first-order valence-corrected chi connectivity index (χ1v) is 11.0. The second-order valence-electron chi connectivity index (χ2n) is 7.67. The number of carbonyl (C=O) groups excluding carboxylic acids is 2. The molecule has 2 aliphatic rings. The Labute approximate surface area is 164 Å². The highest BCUT2D eigenvalue weighted by Crippen LogP contribution is 2.36. The third kappa shape index (κ3) is 4.32. The van der Waals surface area contributed by atoms with Gasteiger partial charge in [0, 0.05) is 25.4 Å². The number of thiazole rings is 1. The van der Waals surface area contributed by atoms with Crippen LogP contribution >= 0.6 is 11.3 Å². The molecule has 0 spiro atoms. The summed E-state index contributed by atoms with van der Waals surface area (Å²) in [7, 11) is 0. The standard InChI is InChI=1S/C21H27N3O2S/c25-19(22-15-7-2-1-3-8-15)12-13-20(26)24-14-6-10-17(24)21-23-16-9-4-5-11-18(16)27-21/h4-5,9,11,15,17H,1-3,6-8,10,12-14H2,(H,22,25)/t17-/m0/s1. The van der Waals surface area contributed by atoms with Crippen LogP contribution in [0.15, 0.2) is 24.3 Å². The molecule has 2 amide bonds. The fraction of sp³-hybridized carbons (Fsp3) is 0.571. The summed E-state index contributed by atoms with van der Waals surface area (Å²) in [6.45, 7) is 0.768. The zero-order valence-corrected chi connectivity index (χ0v) is 16.5. The van der Waals surface area contributed by atoms with E-state index >= 15 is 0 Å². The smallest absolute Gasteiger partial charge is 0.223 e. The molecular weight excluding hydrogens is 358 g/mol. The van der Waals surface area contributed by atoms with Crippen LogP contribution in [-0.4, -0.2) is 34.3 Å².